The molecule has 1 saturated heterocycles. The molecule has 1 aromatic carbocycles. The summed E-state index contributed by atoms with van der Waals surface area (Å²) in [6.07, 6.45) is 0. The second-order valence-electron chi connectivity index (χ2n) is 4.66. The first kappa shape index (κ1) is 13.5. The maximum Gasteiger partial charge on any atom is 0.241 e. The van der Waals surface area contributed by atoms with E-state index in [0.717, 1.165) is 26.2 Å². The van der Waals surface area contributed by atoms with Gasteiger partial charge in [-0.05, 0) is 18.2 Å². The van der Waals surface area contributed by atoms with Crippen molar-refractivity contribution in [2.24, 2.45) is 0 Å². The molecule has 2 aromatic rings. The van der Waals surface area contributed by atoms with Crippen molar-refractivity contribution in [2.75, 3.05) is 26.2 Å². The number of hydrogen-bond donors (Lipinski definition) is 1. The smallest absolute Gasteiger partial charge is 0.241 e. The monoisotopic (exact) mass is 296 g/mol. The average molecular weight is 297 g/mol. The second-order valence-corrected chi connectivity index (χ2v) is 5.07. The van der Waals surface area contributed by atoms with Gasteiger partial charge in [0.15, 0.2) is 0 Å². The van der Waals surface area contributed by atoms with Gasteiger partial charge in [0.25, 0.3) is 0 Å². The van der Waals surface area contributed by atoms with E-state index in [0.29, 0.717) is 23.8 Å². The minimum Gasteiger partial charge on any atom is -0.338 e. The van der Waals surface area contributed by atoms with Crippen molar-refractivity contribution in [2.45, 2.75) is 6.54 Å². The van der Waals surface area contributed by atoms with Crippen molar-refractivity contribution in [3.63, 3.8) is 0 Å². The van der Waals surface area contributed by atoms with Gasteiger partial charge in [-0.1, -0.05) is 16.8 Å². The van der Waals surface area contributed by atoms with Gasteiger partial charge in [0.1, 0.15) is 5.82 Å². The average Bonchev–Trinajstić information content (AvgIpc) is 2.88. The summed E-state index contributed by atoms with van der Waals surface area (Å²) in [7, 11) is 0. The number of aromatic nitrogens is 2. The normalized spacial score (nSPS) is 16.5. The lowest BCUT2D eigenvalue weighted by atomic mass is 10.2. The fraction of sp³-hybridized carbons (Fsp3) is 0.385. The number of nitrogens with zero attached hydrogens (tertiary/aromatic N) is 3. The molecular formula is C13H14ClFN4O. The molecule has 0 atom stereocenters. The van der Waals surface area contributed by atoms with Crippen LogP contribution in [0.4, 0.5) is 4.39 Å². The van der Waals surface area contributed by atoms with E-state index < -0.39 is 0 Å². The van der Waals surface area contributed by atoms with Crippen LogP contribution in [0.5, 0.6) is 0 Å². The Balaban J connectivity index is 1.75. The van der Waals surface area contributed by atoms with Crippen LogP contribution >= 0.6 is 11.6 Å². The van der Waals surface area contributed by atoms with E-state index in [4.69, 9.17) is 16.1 Å². The Morgan fingerprint density at radius 2 is 2.15 bits per heavy atom. The Bertz CT molecular complexity index is 598. The lowest BCUT2D eigenvalue weighted by molar-refractivity contribution is 0.203. The summed E-state index contributed by atoms with van der Waals surface area (Å²) in [6, 6.07) is 4.12. The van der Waals surface area contributed by atoms with Gasteiger partial charge in [-0.2, -0.15) is 4.98 Å². The zero-order valence-electron chi connectivity index (χ0n) is 10.8. The highest BCUT2D eigenvalue weighted by Crippen LogP contribution is 2.26. The molecule has 5 nitrogen and oxygen atoms in total. The standard InChI is InChI=1S/C13H14ClFN4O/c14-11-7-9(15)1-2-10(11)13-17-12(20-18-13)8-19-5-3-16-4-6-19/h1-2,7,16H,3-6,8H2. The van der Waals surface area contributed by atoms with Gasteiger partial charge in [0.05, 0.1) is 11.6 Å². The Kier molecular flexibility index (Phi) is 3.95. The summed E-state index contributed by atoms with van der Waals surface area (Å²) in [5.74, 6) is 0.547. The third kappa shape index (κ3) is 2.98. The Hall–Kier alpha value is -1.50. The van der Waals surface area contributed by atoms with Gasteiger partial charge in [-0.15, -0.1) is 0 Å². The van der Waals surface area contributed by atoms with E-state index in [2.05, 4.69) is 20.4 Å². The molecule has 1 aliphatic heterocycles. The largest absolute Gasteiger partial charge is 0.338 e. The Morgan fingerprint density at radius 1 is 1.35 bits per heavy atom. The molecule has 1 aliphatic rings. The first-order chi connectivity index (χ1) is 9.72. The van der Waals surface area contributed by atoms with Crippen molar-refractivity contribution >= 4 is 11.6 Å². The molecular weight excluding hydrogens is 283 g/mol. The number of piperazine rings is 1. The summed E-state index contributed by atoms with van der Waals surface area (Å²) in [4.78, 5) is 6.55. The summed E-state index contributed by atoms with van der Waals surface area (Å²) in [5, 5.41) is 7.47. The van der Waals surface area contributed by atoms with Crippen molar-refractivity contribution < 1.29 is 8.91 Å². The molecule has 2 heterocycles. The van der Waals surface area contributed by atoms with Crippen LogP contribution in [0.25, 0.3) is 11.4 Å². The molecule has 0 bridgehead atoms. The third-order valence-corrected chi connectivity index (χ3v) is 3.52. The lowest BCUT2D eigenvalue weighted by Gasteiger charge is -2.25. The molecule has 0 aliphatic carbocycles. The maximum absolute atomic E-state index is 13.0. The first-order valence-electron chi connectivity index (χ1n) is 6.43. The van der Waals surface area contributed by atoms with Crippen LogP contribution in [0.15, 0.2) is 22.7 Å². The number of halogens is 2. The van der Waals surface area contributed by atoms with Crippen LogP contribution in [0.1, 0.15) is 5.89 Å². The van der Waals surface area contributed by atoms with Gasteiger partial charge in [0, 0.05) is 31.7 Å². The van der Waals surface area contributed by atoms with E-state index in [1.165, 1.54) is 12.1 Å². The molecule has 3 rings (SSSR count). The number of rotatable bonds is 3. The van der Waals surface area contributed by atoms with Gasteiger partial charge >= 0.3 is 0 Å². The molecule has 7 heteroatoms. The maximum atomic E-state index is 13.0. The van der Waals surface area contributed by atoms with Crippen LogP contribution in [0, 0.1) is 5.82 Å². The molecule has 106 valence electrons. The topological polar surface area (TPSA) is 54.2 Å². The van der Waals surface area contributed by atoms with Gasteiger partial charge in [-0.25, -0.2) is 4.39 Å². The van der Waals surface area contributed by atoms with Gasteiger partial charge < -0.3 is 9.84 Å². The molecule has 1 aromatic heterocycles. The lowest BCUT2D eigenvalue weighted by Crippen LogP contribution is -2.42. The molecule has 1 N–H and O–H groups in total. The van der Waals surface area contributed by atoms with Crippen LogP contribution in [0.3, 0.4) is 0 Å². The van der Waals surface area contributed by atoms with Gasteiger partial charge in [-0.3, -0.25) is 4.90 Å². The minimum atomic E-state index is -0.386. The van der Waals surface area contributed by atoms with E-state index in [9.17, 15) is 4.39 Å². The SMILES string of the molecule is Fc1ccc(-c2noc(CN3CCNCC3)n2)c(Cl)c1. The summed E-state index contributed by atoms with van der Waals surface area (Å²) in [5.41, 5.74) is 0.573. The van der Waals surface area contributed by atoms with Crippen LogP contribution < -0.4 is 5.32 Å². The molecule has 0 spiro atoms. The summed E-state index contributed by atoms with van der Waals surface area (Å²) >= 11 is 5.98. The van der Waals surface area contributed by atoms with Crippen LogP contribution in [-0.4, -0.2) is 41.2 Å². The third-order valence-electron chi connectivity index (χ3n) is 3.21. The zero-order valence-corrected chi connectivity index (χ0v) is 11.5. The highest BCUT2D eigenvalue weighted by atomic mass is 35.5. The highest BCUT2D eigenvalue weighted by Gasteiger charge is 2.16. The fourth-order valence-electron chi connectivity index (χ4n) is 2.16. The predicted molar refractivity (Wildman–Crippen MR) is 72.8 cm³/mol. The minimum absolute atomic E-state index is 0.277. The summed E-state index contributed by atoms with van der Waals surface area (Å²) < 4.78 is 18.2. The number of nitrogens with one attached hydrogen (secondary N) is 1. The van der Waals surface area contributed by atoms with Crippen molar-refractivity contribution in [1.82, 2.24) is 20.4 Å². The van der Waals surface area contributed by atoms with E-state index in [-0.39, 0.29) is 10.8 Å². The second kappa shape index (κ2) is 5.87. The van der Waals surface area contributed by atoms with Crippen molar-refractivity contribution in [1.29, 1.82) is 0 Å². The molecule has 0 saturated carbocycles. The fourth-order valence-corrected chi connectivity index (χ4v) is 2.41. The predicted octanol–water partition coefficient (Wildman–Crippen LogP) is 1.93. The zero-order chi connectivity index (χ0) is 13.9. The summed E-state index contributed by atoms with van der Waals surface area (Å²) in [6.45, 7) is 4.45. The van der Waals surface area contributed by atoms with Crippen LogP contribution in [0.2, 0.25) is 5.02 Å². The molecule has 1 fully saturated rings. The Labute approximate surface area is 120 Å². The van der Waals surface area contributed by atoms with E-state index in [1.54, 1.807) is 6.07 Å². The van der Waals surface area contributed by atoms with Crippen LogP contribution in [-0.2, 0) is 6.54 Å². The number of hydrogen-bond acceptors (Lipinski definition) is 5. The number of benzene rings is 1. The van der Waals surface area contributed by atoms with Crippen molar-refractivity contribution in [3.05, 3.63) is 34.9 Å². The molecule has 20 heavy (non-hydrogen) atoms. The quantitative estimate of drug-likeness (QED) is 0.938. The van der Waals surface area contributed by atoms with Gasteiger partial charge in [0.2, 0.25) is 11.7 Å². The molecule has 0 radical (unpaired) electrons. The van der Waals surface area contributed by atoms with E-state index in [1.807, 2.05) is 0 Å². The molecule has 0 amide bonds. The van der Waals surface area contributed by atoms with Crippen molar-refractivity contribution in [3.8, 4) is 11.4 Å². The first-order valence-corrected chi connectivity index (χ1v) is 6.81. The highest BCUT2D eigenvalue weighted by molar-refractivity contribution is 6.33. The Morgan fingerprint density at radius 3 is 2.90 bits per heavy atom. The van der Waals surface area contributed by atoms with E-state index >= 15 is 0 Å². The molecule has 0 unspecified atom stereocenters.